The van der Waals surface area contributed by atoms with E-state index in [-0.39, 0.29) is 11.8 Å². The highest BCUT2D eigenvalue weighted by Crippen LogP contribution is 2.45. The molecule has 2 heterocycles. The molecule has 1 aliphatic carbocycles. The average molecular weight is 434 g/mol. The van der Waals surface area contributed by atoms with Crippen LogP contribution in [0.4, 0.5) is 0 Å². The van der Waals surface area contributed by atoms with E-state index in [0.29, 0.717) is 19.5 Å². The summed E-state index contributed by atoms with van der Waals surface area (Å²) in [4.78, 5) is 35.9. The number of hydrogen-bond donors (Lipinski definition) is 0. The molecule has 32 heavy (non-hydrogen) atoms. The first-order valence-corrected chi connectivity index (χ1v) is 11.8. The third-order valence-electron chi connectivity index (χ3n) is 7.39. The molecule has 1 aliphatic heterocycles. The highest BCUT2D eigenvalue weighted by molar-refractivity contribution is 5.92. The third kappa shape index (κ3) is 3.82. The van der Waals surface area contributed by atoms with Gasteiger partial charge in [0.25, 0.3) is 0 Å². The predicted octanol–water partition coefficient (Wildman–Crippen LogP) is 4.16. The van der Waals surface area contributed by atoms with Gasteiger partial charge in [-0.05, 0) is 57.2 Å². The molecule has 170 valence electrons. The van der Waals surface area contributed by atoms with Gasteiger partial charge in [-0.15, -0.1) is 0 Å². The van der Waals surface area contributed by atoms with E-state index < -0.39 is 10.8 Å². The van der Waals surface area contributed by atoms with Gasteiger partial charge in [-0.1, -0.05) is 48.2 Å². The van der Waals surface area contributed by atoms with Crippen molar-refractivity contribution in [3.05, 3.63) is 65.0 Å². The van der Waals surface area contributed by atoms with Crippen molar-refractivity contribution < 1.29 is 9.59 Å². The zero-order valence-electron chi connectivity index (χ0n) is 19.9. The fraction of sp³-hybridized carbons (Fsp3) is 0.519. The van der Waals surface area contributed by atoms with Crippen LogP contribution in [0.15, 0.2) is 42.6 Å². The Morgan fingerprint density at radius 2 is 1.59 bits per heavy atom. The van der Waals surface area contributed by atoms with Gasteiger partial charge >= 0.3 is 0 Å². The minimum absolute atomic E-state index is 0.0283. The lowest BCUT2D eigenvalue weighted by Gasteiger charge is -2.45. The lowest BCUT2D eigenvalue weighted by molar-refractivity contribution is -0.145. The zero-order valence-corrected chi connectivity index (χ0v) is 19.9. The molecule has 1 saturated carbocycles. The lowest BCUT2D eigenvalue weighted by atomic mass is 9.72. The molecule has 1 atom stereocenters. The van der Waals surface area contributed by atoms with E-state index in [1.165, 1.54) is 11.1 Å². The number of nitrogens with zero attached hydrogens (tertiary/aromatic N) is 3. The summed E-state index contributed by atoms with van der Waals surface area (Å²) < 4.78 is 0. The van der Waals surface area contributed by atoms with Gasteiger partial charge in [-0.2, -0.15) is 0 Å². The van der Waals surface area contributed by atoms with Crippen LogP contribution in [0, 0.1) is 13.8 Å². The largest absolute Gasteiger partial charge is 0.348 e. The van der Waals surface area contributed by atoms with Crippen LogP contribution in [-0.2, 0) is 20.4 Å². The molecule has 1 aromatic carbocycles. The molecule has 5 heteroatoms. The second-order valence-electron chi connectivity index (χ2n) is 9.99. The number of carbonyl (C=O) groups excluding carboxylic acids is 2. The van der Waals surface area contributed by atoms with E-state index in [1.807, 2.05) is 23.1 Å². The molecule has 2 aliphatic rings. The zero-order chi connectivity index (χ0) is 22.9. The summed E-state index contributed by atoms with van der Waals surface area (Å²) in [7, 11) is 3.59. The first-order chi connectivity index (χ1) is 15.3. The molecule has 2 fully saturated rings. The Bertz CT molecular complexity index is 975. The number of piperidine rings is 1. The van der Waals surface area contributed by atoms with Crippen LogP contribution >= 0.6 is 0 Å². The molecule has 0 N–H and O–H groups in total. The number of carbonyl (C=O) groups is 2. The van der Waals surface area contributed by atoms with Crippen LogP contribution in [0.3, 0.4) is 0 Å². The minimum Gasteiger partial charge on any atom is -0.348 e. The second-order valence-corrected chi connectivity index (χ2v) is 9.99. The number of likely N-dealkylation sites (N-methyl/N-ethyl adjacent to an activating group) is 1. The number of pyridine rings is 1. The number of aromatic nitrogens is 1. The Kier molecular flexibility index (Phi) is 6.11. The first kappa shape index (κ1) is 22.5. The third-order valence-corrected chi connectivity index (χ3v) is 7.39. The maximum absolute atomic E-state index is 14.2. The van der Waals surface area contributed by atoms with Gasteiger partial charge in [0, 0.05) is 33.4 Å². The molecule has 1 aromatic heterocycles. The highest BCUT2D eigenvalue weighted by Gasteiger charge is 2.51. The molecular weight excluding hydrogens is 398 g/mol. The van der Waals surface area contributed by atoms with Crippen molar-refractivity contribution >= 4 is 11.8 Å². The molecule has 0 radical (unpaired) electrons. The van der Waals surface area contributed by atoms with Gasteiger partial charge in [0.05, 0.1) is 11.1 Å². The van der Waals surface area contributed by atoms with Crippen molar-refractivity contribution in [3.8, 4) is 0 Å². The number of hydrogen-bond acceptors (Lipinski definition) is 3. The monoisotopic (exact) mass is 433 g/mol. The Balaban J connectivity index is 1.74. The fourth-order valence-corrected chi connectivity index (χ4v) is 5.95. The molecule has 5 nitrogen and oxygen atoms in total. The number of amides is 2. The van der Waals surface area contributed by atoms with Gasteiger partial charge in [-0.3, -0.25) is 14.6 Å². The Hall–Kier alpha value is -2.69. The van der Waals surface area contributed by atoms with Gasteiger partial charge < -0.3 is 9.80 Å². The van der Waals surface area contributed by atoms with E-state index in [2.05, 4.69) is 37.0 Å². The standard InChI is InChI=1S/C27H35N3O2/c1-20-16-21(2)18-22(17-20)26(11-6-7-12-26)25(32)30-15-9-13-27(19-30,24(31)29(3)4)23-10-5-8-14-28-23/h5,8,10,14,16-18H,6-7,9,11-13,15,19H2,1-4H3/t27-/m0/s1. The molecule has 0 spiro atoms. The van der Waals surface area contributed by atoms with E-state index in [4.69, 9.17) is 0 Å². The average Bonchev–Trinajstić information content (AvgIpc) is 3.29. The molecule has 2 aromatic rings. The molecule has 0 unspecified atom stereocenters. The summed E-state index contributed by atoms with van der Waals surface area (Å²) in [6, 6.07) is 12.3. The van der Waals surface area contributed by atoms with Crippen molar-refractivity contribution in [2.75, 3.05) is 27.2 Å². The minimum atomic E-state index is -0.791. The first-order valence-electron chi connectivity index (χ1n) is 11.8. The quantitative estimate of drug-likeness (QED) is 0.728. The van der Waals surface area contributed by atoms with Crippen molar-refractivity contribution in [3.63, 3.8) is 0 Å². The Morgan fingerprint density at radius 3 is 2.19 bits per heavy atom. The fourth-order valence-electron chi connectivity index (χ4n) is 5.95. The summed E-state index contributed by atoms with van der Waals surface area (Å²) in [6.07, 6.45) is 7.14. The second kappa shape index (κ2) is 8.68. The van der Waals surface area contributed by atoms with Crippen molar-refractivity contribution in [1.29, 1.82) is 0 Å². The molecule has 4 rings (SSSR count). The van der Waals surface area contributed by atoms with Gasteiger partial charge in [0.2, 0.25) is 11.8 Å². The lowest BCUT2D eigenvalue weighted by Crippen LogP contribution is -2.58. The Morgan fingerprint density at radius 1 is 0.938 bits per heavy atom. The summed E-state index contributed by atoms with van der Waals surface area (Å²) in [6.45, 7) is 5.30. The summed E-state index contributed by atoms with van der Waals surface area (Å²) in [5.41, 5.74) is 3.03. The maximum Gasteiger partial charge on any atom is 0.236 e. The summed E-state index contributed by atoms with van der Waals surface area (Å²) in [5, 5.41) is 0. The van der Waals surface area contributed by atoms with Crippen LogP contribution in [-0.4, -0.2) is 53.8 Å². The van der Waals surface area contributed by atoms with Gasteiger partial charge in [0.15, 0.2) is 0 Å². The number of rotatable bonds is 4. The van der Waals surface area contributed by atoms with Crippen molar-refractivity contribution in [2.24, 2.45) is 0 Å². The van der Waals surface area contributed by atoms with Crippen LogP contribution < -0.4 is 0 Å². The van der Waals surface area contributed by atoms with E-state index in [0.717, 1.165) is 43.4 Å². The highest BCUT2D eigenvalue weighted by atomic mass is 16.2. The topological polar surface area (TPSA) is 53.5 Å². The number of aryl methyl sites for hydroxylation is 2. The van der Waals surface area contributed by atoms with Gasteiger partial charge in [-0.25, -0.2) is 0 Å². The molecule has 0 bridgehead atoms. The smallest absolute Gasteiger partial charge is 0.236 e. The van der Waals surface area contributed by atoms with Crippen molar-refractivity contribution in [2.45, 2.75) is 63.2 Å². The number of likely N-dealkylation sites (tertiary alicyclic amines) is 1. The van der Waals surface area contributed by atoms with Crippen LogP contribution in [0.1, 0.15) is 60.9 Å². The normalized spacial score (nSPS) is 22.6. The Labute approximate surface area is 191 Å². The van der Waals surface area contributed by atoms with Crippen LogP contribution in [0.5, 0.6) is 0 Å². The van der Waals surface area contributed by atoms with E-state index >= 15 is 0 Å². The molecular formula is C27H35N3O2. The molecule has 1 saturated heterocycles. The summed E-state index contributed by atoms with van der Waals surface area (Å²) >= 11 is 0. The van der Waals surface area contributed by atoms with E-state index in [1.54, 1.807) is 25.2 Å². The predicted molar refractivity (Wildman–Crippen MR) is 126 cm³/mol. The number of benzene rings is 1. The maximum atomic E-state index is 14.2. The van der Waals surface area contributed by atoms with Crippen LogP contribution in [0.2, 0.25) is 0 Å². The van der Waals surface area contributed by atoms with E-state index in [9.17, 15) is 9.59 Å². The van der Waals surface area contributed by atoms with Gasteiger partial charge in [0.1, 0.15) is 5.41 Å². The van der Waals surface area contributed by atoms with Crippen molar-refractivity contribution in [1.82, 2.24) is 14.8 Å². The van der Waals surface area contributed by atoms with Crippen LogP contribution in [0.25, 0.3) is 0 Å². The summed E-state index contributed by atoms with van der Waals surface area (Å²) in [5.74, 6) is 0.215. The SMILES string of the molecule is Cc1cc(C)cc(C2(C(=O)N3CCC[C@@](C(=O)N(C)C)(c4ccccn4)C3)CCCC2)c1. The molecule has 2 amide bonds.